The van der Waals surface area contributed by atoms with Gasteiger partial charge in [0.05, 0.1) is 4.75 Å². The van der Waals surface area contributed by atoms with Crippen molar-refractivity contribution in [2.24, 2.45) is 0 Å². The summed E-state index contributed by atoms with van der Waals surface area (Å²) in [5.74, 6) is 0.340. The maximum Gasteiger partial charge on any atom is 0.0963 e. The van der Waals surface area contributed by atoms with Crippen LogP contribution in [-0.4, -0.2) is 0 Å². The fourth-order valence-electron chi connectivity index (χ4n) is 4.98. The smallest absolute Gasteiger partial charge is 0.0963 e. The highest BCUT2D eigenvalue weighted by molar-refractivity contribution is 8.00. The Morgan fingerprint density at radius 2 is 0.889 bits per heavy atom. The zero-order valence-electron chi connectivity index (χ0n) is 14.8. The maximum absolute atomic E-state index is 2.34. The first-order valence-electron chi connectivity index (χ1n) is 9.42. The summed E-state index contributed by atoms with van der Waals surface area (Å²) in [6, 6.07) is 38.0. The minimum Gasteiger partial charge on any atom is -0.105 e. The lowest BCUT2D eigenvalue weighted by molar-refractivity contribution is 0.713. The first kappa shape index (κ1) is 15.3. The first-order valence-corrected chi connectivity index (χ1v) is 10.2. The van der Waals surface area contributed by atoms with E-state index in [1.165, 1.54) is 38.3 Å². The standard InChI is InChI=1S/C26H18S/c1-2-10-18(11-3-1)27-26-22-15-7-4-12-19(22)25(20-13-5-8-16-23(20)26)21-14-6-9-17-24(21)26/h1-17,25H. The first-order chi connectivity index (χ1) is 13.4. The number of hydrogen-bond acceptors (Lipinski definition) is 1. The molecule has 0 saturated heterocycles. The van der Waals surface area contributed by atoms with Crippen LogP contribution in [-0.2, 0) is 4.75 Å². The highest BCUT2D eigenvalue weighted by Crippen LogP contribution is 2.64. The Morgan fingerprint density at radius 3 is 1.37 bits per heavy atom. The van der Waals surface area contributed by atoms with Crippen molar-refractivity contribution in [1.29, 1.82) is 0 Å². The molecular formula is C26H18S. The van der Waals surface area contributed by atoms with E-state index in [0.717, 1.165) is 0 Å². The van der Waals surface area contributed by atoms with Crippen LogP contribution in [0.1, 0.15) is 39.3 Å². The van der Waals surface area contributed by atoms with Crippen molar-refractivity contribution >= 4 is 11.8 Å². The second-order valence-electron chi connectivity index (χ2n) is 7.29. The molecule has 0 nitrogen and oxygen atoms in total. The van der Waals surface area contributed by atoms with E-state index in [1.54, 1.807) is 0 Å². The third-order valence-electron chi connectivity index (χ3n) is 5.97. The van der Waals surface area contributed by atoms with Crippen LogP contribution in [0.3, 0.4) is 0 Å². The molecule has 4 aromatic carbocycles. The third-order valence-corrected chi connectivity index (χ3v) is 7.44. The quantitative estimate of drug-likeness (QED) is 0.388. The Morgan fingerprint density at radius 1 is 0.481 bits per heavy atom. The SMILES string of the molecule is c1ccc(SC23c4ccccc4C(c4ccccc42)c2ccccc23)cc1. The summed E-state index contributed by atoms with van der Waals surface area (Å²) >= 11 is 1.98. The van der Waals surface area contributed by atoms with Crippen molar-refractivity contribution in [3.8, 4) is 0 Å². The van der Waals surface area contributed by atoms with E-state index >= 15 is 0 Å². The Balaban J connectivity index is 1.75. The molecule has 0 fully saturated rings. The summed E-state index contributed by atoms with van der Waals surface area (Å²) in [5, 5.41) is 0. The largest absolute Gasteiger partial charge is 0.105 e. The van der Waals surface area contributed by atoms with E-state index in [0.29, 0.717) is 5.92 Å². The molecule has 27 heavy (non-hydrogen) atoms. The van der Waals surface area contributed by atoms with Crippen LogP contribution in [0.5, 0.6) is 0 Å². The molecule has 7 rings (SSSR count). The van der Waals surface area contributed by atoms with Crippen molar-refractivity contribution in [2.45, 2.75) is 15.6 Å². The van der Waals surface area contributed by atoms with Gasteiger partial charge in [-0.1, -0.05) is 91.0 Å². The normalized spacial score (nSPS) is 21.3. The zero-order valence-corrected chi connectivity index (χ0v) is 15.6. The van der Waals surface area contributed by atoms with E-state index in [4.69, 9.17) is 0 Å². The molecule has 0 unspecified atom stereocenters. The second-order valence-corrected chi connectivity index (χ2v) is 8.58. The summed E-state index contributed by atoms with van der Waals surface area (Å²) in [4.78, 5) is 1.30. The lowest BCUT2D eigenvalue weighted by atomic mass is 9.60. The van der Waals surface area contributed by atoms with Crippen LogP contribution in [0, 0.1) is 0 Å². The molecule has 4 aromatic rings. The fraction of sp³-hybridized carbons (Fsp3) is 0.0769. The maximum atomic E-state index is 2.34. The molecule has 0 spiro atoms. The van der Waals surface area contributed by atoms with Gasteiger partial charge in [-0.25, -0.2) is 0 Å². The van der Waals surface area contributed by atoms with Gasteiger partial charge in [0.15, 0.2) is 0 Å². The lowest BCUT2D eigenvalue weighted by Gasteiger charge is -2.50. The molecule has 3 aliphatic carbocycles. The van der Waals surface area contributed by atoms with E-state index in [2.05, 4.69) is 103 Å². The lowest BCUT2D eigenvalue weighted by Crippen LogP contribution is -2.39. The molecule has 1 heteroatoms. The van der Waals surface area contributed by atoms with Gasteiger partial charge in [-0.05, 0) is 45.5 Å². The molecule has 128 valence electrons. The van der Waals surface area contributed by atoms with Crippen LogP contribution < -0.4 is 0 Å². The van der Waals surface area contributed by atoms with Crippen LogP contribution >= 0.6 is 11.8 Å². The molecule has 0 aromatic heterocycles. The third kappa shape index (κ3) is 1.95. The average Bonchev–Trinajstić information content (AvgIpc) is 2.75. The number of hydrogen-bond donors (Lipinski definition) is 0. The molecule has 0 atom stereocenters. The Kier molecular flexibility index (Phi) is 3.18. The predicted molar refractivity (Wildman–Crippen MR) is 112 cm³/mol. The molecule has 0 heterocycles. The van der Waals surface area contributed by atoms with Crippen LogP contribution in [0.2, 0.25) is 0 Å². The molecule has 0 N–H and O–H groups in total. The van der Waals surface area contributed by atoms with E-state index in [1.807, 2.05) is 11.8 Å². The number of benzene rings is 4. The van der Waals surface area contributed by atoms with Crippen molar-refractivity contribution in [1.82, 2.24) is 0 Å². The molecule has 3 aliphatic rings. The van der Waals surface area contributed by atoms with Crippen molar-refractivity contribution in [3.63, 3.8) is 0 Å². The topological polar surface area (TPSA) is 0 Å². The van der Waals surface area contributed by atoms with Gasteiger partial charge in [-0.3, -0.25) is 0 Å². The summed E-state index contributed by atoms with van der Waals surface area (Å²) in [7, 11) is 0. The Bertz CT molecular complexity index is 1040. The van der Waals surface area contributed by atoms with E-state index < -0.39 is 0 Å². The zero-order chi connectivity index (χ0) is 17.8. The Labute approximate surface area is 163 Å². The van der Waals surface area contributed by atoms with Gasteiger partial charge in [0.25, 0.3) is 0 Å². The van der Waals surface area contributed by atoms with Crippen LogP contribution in [0.15, 0.2) is 108 Å². The monoisotopic (exact) mass is 362 g/mol. The van der Waals surface area contributed by atoms with Gasteiger partial charge in [0, 0.05) is 10.8 Å². The second kappa shape index (κ2) is 5.61. The number of thioether (sulfide) groups is 1. The summed E-state index contributed by atoms with van der Waals surface area (Å²) in [6.45, 7) is 0. The molecule has 0 aliphatic heterocycles. The van der Waals surface area contributed by atoms with Gasteiger partial charge in [0.2, 0.25) is 0 Å². The summed E-state index contributed by atoms with van der Waals surface area (Å²) < 4.78 is -0.195. The molecule has 0 radical (unpaired) electrons. The van der Waals surface area contributed by atoms with Crippen molar-refractivity contribution in [2.75, 3.05) is 0 Å². The fourth-order valence-corrected chi connectivity index (χ4v) is 6.51. The van der Waals surface area contributed by atoms with Gasteiger partial charge in [-0.2, -0.15) is 0 Å². The van der Waals surface area contributed by atoms with Gasteiger partial charge < -0.3 is 0 Å². The van der Waals surface area contributed by atoms with Crippen molar-refractivity contribution < 1.29 is 0 Å². The molecular weight excluding hydrogens is 344 g/mol. The van der Waals surface area contributed by atoms with Crippen molar-refractivity contribution in [3.05, 3.63) is 137 Å². The van der Waals surface area contributed by atoms with Crippen LogP contribution in [0.25, 0.3) is 0 Å². The van der Waals surface area contributed by atoms with Gasteiger partial charge in [0.1, 0.15) is 0 Å². The summed E-state index contributed by atoms with van der Waals surface area (Å²) in [6.07, 6.45) is 0. The molecule has 0 saturated carbocycles. The number of rotatable bonds is 2. The minimum atomic E-state index is -0.195. The highest BCUT2D eigenvalue weighted by atomic mass is 32.2. The average molecular weight is 362 g/mol. The minimum absolute atomic E-state index is 0.195. The highest BCUT2D eigenvalue weighted by Gasteiger charge is 2.52. The Hall–Kier alpha value is -2.77. The van der Waals surface area contributed by atoms with E-state index in [9.17, 15) is 0 Å². The van der Waals surface area contributed by atoms with E-state index in [-0.39, 0.29) is 4.75 Å². The molecule has 2 bridgehead atoms. The van der Waals surface area contributed by atoms with Gasteiger partial charge in [-0.15, -0.1) is 11.8 Å². The van der Waals surface area contributed by atoms with Crippen LogP contribution in [0.4, 0.5) is 0 Å². The molecule has 0 amide bonds. The van der Waals surface area contributed by atoms with Gasteiger partial charge >= 0.3 is 0 Å². The predicted octanol–water partition coefficient (Wildman–Crippen LogP) is 6.58. The summed E-state index contributed by atoms with van der Waals surface area (Å²) in [5.41, 5.74) is 8.71.